The summed E-state index contributed by atoms with van der Waals surface area (Å²) in [5.41, 5.74) is 1.000. The molecule has 2 aliphatic rings. The van der Waals surface area contributed by atoms with Crippen LogP contribution in [0.25, 0.3) is 0 Å². The molecule has 1 atom stereocenters. The first-order valence-electron chi connectivity index (χ1n) is 7.38. The molecule has 1 saturated heterocycles. The smallest absolute Gasteiger partial charge is 0.325 e. The summed E-state index contributed by atoms with van der Waals surface area (Å²) in [5, 5.41) is 2.85. The molecule has 1 aromatic rings. The van der Waals surface area contributed by atoms with E-state index in [0.717, 1.165) is 28.9 Å². The molecule has 0 aromatic heterocycles. The number of nitrogens with one attached hydrogen (secondary N) is 1. The second kappa shape index (κ2) is 5.44. The third kappa shape index (κ3) is 2.15. The van der Waals surface area contributed by atoms with E-state index in [1.54, 1.807) is 0 Å². The molecule has 6 heteroatoms. The third-order valence-corrected chi connectivity index (χ3v) is 4.42. The number of aryl methyl sites for hydroxylation is 1. The minimum absolute atomic E-state index is 0.00733. The van der Waals surface area contributed by atoms with Gasteiger partial charge in [-0.05, 0) is 30.4 Å². The summed E-state index contributed by atoms with van der Waals surface area (Å²) in [5.74, 6) is -0.709. The largest absolute Gasteiger partial charge is 0.469 e. The summed E-state index contributed by atoms with van der Waals surface area (Å²) in [6, 6.07) is 7.27. The average Bonchev–Trinajstić information content (AvgIpc) is 2.77. The van der Waals surface area contributed by atoms with Gasteiger partial charge in [-0.15, -0.1) is 0 Å². The van der Waals surface area contributed by atoms with Gasteiger partial charge in [0, 0.05) is 6.54 Å². The van der Waals surface area contributed by atoms with E-state index in [2.05, 4.69) is 10.1 Å². The van der Waals surface area contributed by atoms with Gasteiger partial charge in [0.2, 0.25) is 0 Å². The number of imide groups is 1. The van der Waals surface area contributed by atoms with E-state index in [9.17, 15) is 14.4 Å². The van der Waals surface area contributed by atoms with Crippen molar-refractivity contribution in [3.05, 3.63) is 35.4 Å². The first-order valence-corrected chi connectivity index (χ1v) is 7.38. The normalized spacial score (nSPS) is 23.4. The summed E-state index contributed by atoms with van der Waals surface area (Å²) < 4.78 is 4.57. The highest BCUT2D eigenvalue weighted by Crippen LogP contribution is 2.39. The van der Waals surface area contributed by atoms with Gasteiger partial charge in [0.1, 0.15) is 5.54 Å². The van der Waals surface area contributed by atoms with E-state index in [1.165, 1.54) is 7.11 Å². The minimum Gasteiger partial charge on any atom is -0.469 e. The van der Waals surface area contributed by atoms with Gasteiger partial charge in [-0.2, -0.15) is 0 Å². The van der Waals surface area contributed by atoms with Gasteiger partial charge >= 0.3 is 12.0 Å². The Morgan fingerprint density at radius 1 is 1.36 bits per heavy atom. The Morgan fingerprint density at radius 2 is 2.14 bits per heavy atom. The highest BCUT2D eigenvalue weighted by Gasteiger charge is 2.53. The number of amides is 3. The van der Waals surface area contributed by atoms with E-state index in [0.29, 0.717) is 6.42 Å². The van der Waals surface area contributed by atoms with Gasteiger partial charge in [-0.25, -0.2) is 4.79 Å². The number of ether oxygens (including phenoxy) is 1. The monoisotopic (exact) mass is 302 g/mol. The number of urea groups is 1. The minimum atomic E-state index is -0.970. The Labute approximate surface area is 128 Å². The number of carbonyl (C=O) groups is 3. The lowest BCUT2D eigenvalue weighted by molar-refractivity contribution is -0.141. The molecule has 1 aliphatic heterocycles. The van der Waals surface area contributed by atoms with E-state index in [1.807, 2.05) is 24.3 Å². The molecule has 1 aromatic carbocycles. The van der Waals surface area contributed by atoms with Crippen molar-refractivity contribution in [2.75, 3.05) is 13.7 Å². The number of carbonyl (C=O) groups excluding carboxylic acids is 3. The second-order valence-electron chi connectivity index (χ2n) is 5.63. The molecule has 6 nitrogen and oxygen atoms in total. The molecule has 0 unspecified atom stereocenters. The Hall–Kier alpha value is -2.37. The summed E-state index contributed by atoms with van der Waals surface area (Å²) in [4.78, 5) is 37.4. The number of methoxy groups -OCH3 is 1. The zero-order chi connectivity index (χ0) is 15.7. The van der Waals surface area contributed by atoms with E-state index in [4.69, 9.17) is 0 Å². The number of hydrogen-bond acceptors (Lipinski definition) is 4. The van der Waals surface area contributed by atoms with E-state index >= 15 is 0 Å². The molecule has 1 fully saturated rings. The second-order valence-corrected chi connectivity index (χ2v) is 5.63. The summed E-state index contributed by atoms with van der Waals surface area (Å²) in [6.45, 7) is 0.0429. The maximum absolute atomic E-state index is 12.8. The van der Waals surface area contributed by atoms with Crippen molar-refractivity contribution in [1.29, 1.82) is 0 Å². The van der Waals surface area contributed by atoms with Crippen LogP contribution < -0.4 is 5.32 Å². The number of rotatable bonds is 3. The average molecular weight is 302 g/mol. The van der Waals surface area contributed by atoms with Crippen LogP contribution in [-0.2, 0) is 26.3 Å². The van der Waals surface area contributed by atoms with E-state index < -0.39 is 17.5 Å². The molecule has 1 spiro atoms. The Bertz CT molecular complexity index is 643. The zero-order valence-corrected chi connectivity index (χ0v) is 12.4. The predicted molar refractivity (Wildman–Crippen MR) is 77.9 cm³/mol. The van der Waals surface area contributed by atoms with E-state index in [-0.39, 0.29) is 18.9 Å². The fourth-order valence-corrected chi connectivity index (χ4v) is 3.32. The quantitative estimate of drug-likeness (QED) is 0.675. The molecule has 116 valence electrons. The van der Waals surface area contributed by atoms with Crippen LogP contribution in [0.2, 0.25) is 0 Å². The third-order valence-electron chi connectivity index (χ3n) is 4.42. The maximum atomic E-state index is 12.8. The molecular weight excluding hydrogens is 284 g/mol. The standard InChI is InChI=1S/C16H18N2O4/c1-22-13(19)8-10-18-14(20)16(17-15(18)21)9-4-6-11-5-2-3-7-12(11)16/h2-3,5,7H,4,6,8-10H2,1H3,(H,17,21)/t16-/m0/s1. The van der Waals surface area contributed by atoms with Crippen molar-refractivity contribution in [3.63, 3.8) is 0 Å². The number of hydrogen-bond donors (Lipinski definition) is 1. The van der Waals surface area contributed by atoms with Crippen LogP contribution in [0.15, 0.2) is 24.3 Å². The number of esters is 1. The van der Waals surface area contributed by atoms with Crippen molar-refractivity contribution < 1.29 is 19.1 Å². The summed E-state index contributed by atoms with van der Waals surface area (Å²) >= 11 is 0. The molecule has 1 N–H and O–H groups in total. The fourth-order valence-electron chi connectivity index (χ4n) is 3.32. The SMILES string of the molecule is COC(=O)CCN1C(=O)N[C@]2(CCCc3ccccc32)C1=O. The molecule has 0 saturated carbocycles. The topological polar surface area (TPSA) is 75.7 Å². The lowest BCUT2D eigenvalue weighted by atomic mass is 9.76. The summed E-state index contributed by atoms with van der Waals surface area (Å²) in [6.07, 6.45) is 2.34. The number of nitrogens with zero attached hydrogens (tertiary/aromatic N) is 1. The molecule has 1 heterocycles. The first kappa shape index (κ1) is 14.6. The van der Waals surface area contributed by atoms with Crippen molar-refractivity contribution >= 4 is 17.9 Å². The van der Waals surface area contributed by atoms with Crippen LogP contribution in [0.5, 0.6) is 0 Å². The van der Waals surface area contributed by atoms with Crippen molar-refractivity contribution in [2.24, 2.45) is 0 Å². The highest BCUT2D eigenvalue weighted by molar-refractivity contribution is 6.08. The molecule has 0 bridgehead atoms. The van der Waals surface area contributed by atoms with Crippen molar-refractivity contribution in [3.8, 4) is 0 Å². The number of benzene rings is 1. The lowest BCUT2D eigenvalue weighted by Gasteiger charge is -2.33. The first-order chi connectivity index (χ1) is 10.6. The van der Waals surface area contributed by atoms with Gasteiger partial charge in [-0.1, -0.05) is 24.3 Å². The van der Waals surface area contributed by atoms with Crippen molar-refractivity contribution in [2.45, 2.75) is 31.2 Å². The zero-order valence-electron chi connectivity index (χ0n) is 12.4. The van der Waals surface area contributed by atoms with Gasteiger partial charge < -0.3 is 10.1 Å². The lowest BCUT2D eigenvalue weighted by Crippen LogP contribution is -2.46. The van der Waals surface area contributed by atoms with Crippen LogP contribution in [0, 0.1) is 0 Å². The highest BCUT2D eigenvalue weighted by atomic mass is 16.5. The fraction of sp³-hybridized carbons (Fsp3) is 0.438. The summed E-state index contributed by atoms with van der Waals surface area (Å²) in [7, 11) is 1.28. The van der Waals surface area contributed by atoms with Crippen molar-refractivity contribution in [1.82, 2.24) is 10.2 Å². The van der Waals surface area contributed by atoms with Crippen LogP contribution in [0.3, 0.4) is 0 Å². The molecule has 22 heavy (non-hydrogen) atoms. The Morgan fingerprint density at radius 3 is 2.91 bits per heavy atom. The Kier molecular flexibility index (Phi) is 3.60. The van der Waals surface area contributed by atoms with Crippen LogP contribution in [-0.4, -0.2) is 36.5 Å². The predicted octanol–water partition coefficient (Wildman–Crippen LogP) is 1.33. The van der Waals surface area contributed by atoms with Gasteiger partial charge in [-0.3, -0.25) is 14.5 Å². The maximum Gasteiger partial charge on any atom is 0.325 e. The van der Waals surface area contributed by atoms with Gasteiger partial charge in [0.05, 0.1) is 13.5 Å². The van der Waals surface area contributed by atoms with Gasteiger partial charge in [0.15, 0.2) is 0 Å². The van der Waals surface area contributed by atoms with Crippen LogP contribution >= 0.6 is 0 Å². The molecular formula is C16H18N2O4. The molecule has 3 amide bonds. The van der Waals surface area contributed by atoms with Crippen LogP contribution in [0.4, 0.5) is 4.79 Å². The van der Waals surface area contributed by atoms with Crippen LogP contribution in [0.1, 0.15) is 30.4 Å². The van der Waals surface area contributed by atoms with Gasteiger partial charge in [0.25, 0.3) is 5.91 Å². The molecule has 3 rings (SSSR count). The number of fused-ring (bicyclic) bond motifs is 2. The molecule has 1 aliphatic carbocycles. The molecule has 0 radical (unpaired) electrons. The Balaban J connectivity index is 1.89.